The Kier molecular flexibility index (Phi) is 24.8. The van der Waals surface area contributed by atoms with Crippen molar-refractivity contribution >= 4 is 17.6 Å². The highest BCUT2D eigenvalue weighted by molar-refractivity contribution is 6.09. The van der Waals surface area contributed by atoms with Crippen LogP contribution < -0.4 is 16.4 Å². The number of hydrogen-bond acceptors (Lipinski definition) is 4. The normalized spacial score (nSPS) is 11.7. The topological polar surface area (TPSA) is 101 Å². The van der Waals surface area contributed by atoms with Gasteiger partial charge in [-0.3, -0.25) is 14.4 Å². The number of ketones is 1. The molecule has 6 heteroatoms. The first-order valence-corrected chi connectivity index (χ1v) is 20.5. The fraction of sp³-hybridized carbons (Fsp3) is 0.659. The van der Waals surface area contributed by atoms with Gasteiger partial charge in [0.05, 0.1) is 0 Å². The predicted molar refractivity (Wildman–Crippen MR) is 211 cm³/mol. The van der Waals surface area contributed by atoms with E-state index in [9.17, 15) is 14.4 Å². The summed E-state index contributed by atoms with van der Waals surface area (Å²) >= 11 is 0. The summed E-state index contributed by atoms with van der Waals surface area (Å²) in [5, 5.41) is 5.74. The number of amides is 2. The van der Waals surface area contributed by atoms with Crippen molar-refractivity contribution in [2.45, 2.75) is 174 Å². The number of carbonyl (C=O) groups excluding carboxylic acids is 3. The van der Waals surface area contributed by atoms with Crippen LogP contribution in [0.1, 0.15) is 182 Å². The first-order valence-electron chi connectivity index (χ1n) is 20.5. The van der Waals surface area contributed by atoms with E-state index in [1.807, 2.05) is 36.4 Å². The molecule has 2 amide bonds. The minimum Gasteiger partial charge on any atom is -0.355 e. The van der Waals surface area contributed by atoms with Crippen LogP contribution in [0, 0.1) is 0 Å². The molecule has 1 atom stereocenters. The maximum atomic E-state index is 12.9. The van der Waals surface area contributed by atoms with Crippen molar-refractivity contribution in [1.29, 1.82) is 0 Å². The third-order valence-corrected chi connectivity index (χ3v) is 9.81. The van der Waals surface area contributed by atoms with Gasteiger partial charge in [-0.25, -0.2) is 0 Å². The summed E-state index contributed by atoms with van der Waals surface area (Å²) in [4.78, 5) is 37.5. The second kappa shape index (κ2) is 28.7. The third kappa shape index (κ3) is 20.6. The molecule has 0 fully saturated rings. The Morgan fingerprint density at radius 3 is 1.38 bits per heavy atom. The van der Waals surface area contributed by atoms with Crippen molar-refractivity contribution < 1.29 is 14.4 Å². The van der Waals surface area contributed by atoms with Crippen molar-refractivity contribution in [2.75, 3.05) is 13.1 Å². The molecule has 0 bridgehead atoms. The second-order valence-corrected chi connectivity index (χ2v) is 14.4. The first-order chi connectivity index (χ1) is 24.4. The molecule has 0 aliphatic carbocycles. The van der Waals surface area contributed by atoms with Crippen molar-refractivity contribution in [2.24, 2.45) is 5.73 Å². The Morgan fingerprint density at radius 2 is 0.920 bits per heavy atom. The van der Waals surface area contributed by atoms with E-state index in [0.29, 0.717) is 18.5 Å². The molecular formula is C44H71N3O3. The number of carbonyl (C=O) groups is 3. The molecule has 2 aromatic carbocycles. The Bertz CT molecular complexity index is 1160. The number of benzene rings is 2. The minimum absolute atomic E-state index is 0.0577. The van der Waals surface area contributed by atoms with Crippen LogP contribution in [0.15, 0.2) is 48.5 Å². The largest absolute Gasteiger partial charge is 0.355 e. The SMILES string of the molecule is CCCCCCCCCCCCCCCCNC(=O)C(N)CNC(=O)CCCCCc1ccc(C(=O)c2ccc(CCCCCC)cc2)cc1. The van der Waals surface area contributed by atoms with E-state index in [1.165, 1.54) is 114 Å². The summed E-state index contributed by atoms with van der Waals surface area (Å²) < 4.78 is 0. The summed E-state index contributed by atoms with van der Waals surface area (Å²) in [7, 11) is 0. The van der Waals surface area contributed by atoms with Gasteiger partial charge in [-0.15, -0.1) is 0 Å². The highest BCUT2D eigenvalue weighted by Crippen LogP contribution is 2.16. The van der Waals surface area contributed by atoms with Gasteiger partial charge in [0.2, 0.25) is 11.8 Å². The molecule has 0 saturated heterocycles. The Hall–Kier alpha value is -2.99. The molecule has 0 aliphatic rings. The van der Waals surface area contributed by atoms with Crippen molar-refractivity contribution in [1.82, 2.24) is 10.6 Å². The number of aryl methyl sites for hydroxylation is 2. The molecule has 6 nitrogen and oxygen atoms in total. The van der Waals surface area contributed by atoms with Gasteiger partial charge in [-0.1, -0.05) is 172 Å². The van der Waals surface area contributed by atoms with Gasteiger partial charge < -0.3 is 16.4 Å². The zero-order valence-electron chi connectivity index (χ0n) is 31.9. The molecule has 0 aliphatic heterocycles. The Morgan fingerprint density at radius 1 is 0.520 bits per heavy atom. The van der Waals surface area contributed by atoms with Crippen LogP contribution in [-0.4, -0.2) is 36.7 Å². The maximum Gasteiger partial charge on any atom is 0.238 e. The maximum absolute atomic E-state index is 12.9. The van der Waals surface area contributed by atoms with Gasteiger partial charge >= 0.3 is 0 Å². The van der Waals surface area contributed by atoms with E-state index in [0.717, 1.165) is 50.5 Å². The zero-order chi connectivity index (χ0) is 36.1. The standard InChI is InChI=1S/C44H71N3O3/c1-3-5-7-9-10-11-12-13-14-15-16-17-18-23-35-46-44(50)41(45)36-47-42(48)26-22-19-21-25-38-29-33-40(34-30-38)43(49)39-31-27-37(28-32-39)24-20-8-6-4-2/h27-34,41H,3-26,35-36,45H2,1-2H3,(H,46,50)(H,47,48). The number of nitrogens with one attached hydrogen (secondary N) is 2. The van der Waals surface area contributed by atoms with Crippen LogP contribution in [-0.2, 0) is 22.4 Å². The van der Waals surface area contributed by atoms with Crippen LogP contribution in [0.2, 0.25) is 0 Å². The third-order valence-electron chi connectivity index (χ3n) is 9.81. The van der Waals surface area contributed by atoms with Crippen molar-refractivity contribution in [3.05, 3.63) is 70.8 Å². The summed E-state index contributed by atoms with van der Waals surface area (Å²) in [6.45, 7) is 5.30. The Balaban J connectivity index is 1.45. The lowest BCUT2D eigenvalue weighted by Gasteiger charge is -2.13. The van der Waals surface area contributed by atoms with Crippen LogP contribution in [0.25, 0.3) is 0 Å². The van der Waals surface area contributed by atoms with Crippen LogP contribution in [0.5, 0.6) is 0 Å². The lowest BCUT2D eigenvalue weighted by molar-refractivity contribution is -0.123. The number of nitrogens with two attached hydrogens (primary N) is 1. The molecule has 0 spiro atoms. The molecular weight excluding hydrogens is 619 g/mol. The van der Waals surface area contributed by atoms with Gasteiger partial charge in [0.15, 0.2) is 5.78 Å². The van der Waals surface area contributed by atoms with Crippen molar-refractivity contribution in [3.63, 3.8) is 0 Å². The van der Waals surface area contributed by atoms with Crippen molar-refractivity contribution in [3.8, 4) is 0 Å². The molecule has 0 radical (unpaired) electrons. The molecule has 2 rings (SSSR count). The quantitative estimate of drug-likeness (QED) is 0.0542. The smallest absolute Gasteiger partial charge is 0.238 e. The first kappa shape index (κ1) is 43.2. The molecule has 2 aromatic rings. The number of hydrogen-bond donors (Lipinski definition) is 3. The van der Waals surface area contributed by atoms with E-state index in [1.54, 1.807) is 0 Å². The van der Waals surface area contributed by atoms with Crippen LogP contribution in [0.4, 0.5) is 0 Å². The Labute approximate surface area is 305 Å². The fourth-order valence-electron chi connectivity index (χ4n) is 6.43. The average Bonchev–Trinajstić information content (AvgIpc) is 3.14. The summed E-state index contributed by atoms with van der Waals surface area (Å²) in [5.74, 6) is -0.200. The summed E-state index contributed by atoms with van der Waals surface area (Å²) in [6.07, 6.45) is 28.4. The van der Waals surface area contributed by atoms with Crippen LogP contribution >= 0.6 is 0 Å². The summed E-state index contributed by atoms with van der Waals surface area (Å²) in [5.41, 5.74) is 9.94. The van der Waals surface area contributed by atoms with E-state index < -0.39 is 6.04 Å². The minimum atomic E-state index is -0.722. The van der Waals surface area contributed by atoms with Gasteiger partial charge in [0, 0.05) is 30.6 Å². The lowest BCUT2D eigenvalue weighted by atomic mass is 9.98. The lowest BCUT2D eigenvalue weighted by Crippen LogP contribution is -2.48. The molecule has 280 valence electrons. The second-order valence-electron chi connectivity index (χ2n) is 14.4. The predicted octanol–water partition coefficient (Wildman–Crippen LogP) is 10.2. The van der Waals surface area contributed by atoms with Gasteiger partial charge in [-0.05, 0) is 49.7 Å². The number of unbranched alkanes of at least 4 members (excludes halogenated alkanes) is 18. The van der Waals surface area contributed by atoms with E-state index in [2.05, 4.69) is 36.6 Å². The summed E-state index contributed by atoms with van der Waals surface area (Å²) in [6, 6.07) is 15.3. The molecule has 0 heterocycles. The highest BCUT2D eigenvalue weighted by atomic mass is 16.2. The molecule has 0 aromatic heterocycles. The molecule has 0 saturated carbocycles. The monoisotopic (exact) mass is 690 g/mol. The zero-order valence-corrected chi connectivity index (χ0v) is 31.9. The van der Waals surface area contributed by atoms with E-state index in [4.69, 9.17) is 5.73 Å². The van der Waals surface area contributed by atoms with E-state index >= 15 is 0 Å². The highest BCUT2D eigenvalue weighted by Gasteiger charge is 2.14. The number of rotatable bonds is 31. The van der Waals surface area contributed by atoms with Gasteiger partial charge in [0.1, 0.15) is 6.04 Å². The van der Waals surface area contributed by atoms with Crippen LogP contribution in [0.3, 0.4) is 0 Å². The van der Waals surface area contributed by atoms with Gasteiger partial charge in [-0.2, -0.15) is 0 Å². The average molecular weight is 690 g/mol. The fourth-order valence-corrected chi connectivity index (χ4v) is 6.43. The van der Waals surface area contributed by atoms with Gasteiger partial charge in [0.25, 0.3) is 0 Å². The molecule has 50 heavy (non-hydrogen) atoms. The van der Waals surface area contributed by atoms with E-state index in [-0.39, 0.29) is 24.1 Å². The molecule has 4 N–H and O–H groups in total. The molecule has 1 unspecified atom stereocenters.